The zero-order valence-corrected chi connectivity index (χ0v) is 10.9. The van der Waals surface area contributed by atoms with Gasteiger partial charge in [0.1, 0.15) is 13.2 Å². The predicted molar refractivity (Wildman–Crippen MR) is 72.2 cm³/mol. The number of benzene rings is 1. The van der Waals surface area contributed by atoms with E-state index in [0.29, 0.717) is 36.3 Å². The maximum absolute atomic E-state index is 11.7. The summed E-state index contributed by atoms with van der Waals surface area (Å²) < 4.78 is 12.6. The quantitative estimate of drug-likeness (QED) is 0.846. The van der Waals surface area contributed by atoms with E-state index in [2.05, 4.69) is 0 Å². The lowest BCUT2D eigenvalue weighted by Gasteiger charge is -2.20. The largest absolute Gasteiger partial charge is 0.486 e. The number of halogens is 1. The third-order valence-electron chi connectivity index (χ3n) is 2.91. The van der Waals surface area contributed by atoms with Crippen molar-refractivity contribution in [2.75, 3.05) is 13.2 Å². The van der Waals surface area contributed by atoms with Crippen LogP contribution in [0.25, 0.3) is 0 Å². The van der Waals surface area contributed by atoms with Crippen LogP contribution >= 0.6 is 11.6 Å². The first-order valence-electron chi connectivity index (χ1n) is 5.97. The molecule has 0 radical (unpaired) electrons. The van der Waals surface area contributed by atoms with Crippen LogP contribution in [0.2, 0.25) is 5.02 Å². The van der Waals surface area contributed by atoms with Gasteiger partial charge in [0.05, 0.1) is 11.6 Å². The molecule has 0 spiro atoms. The zero-order chi connectivity index (χ0) is 13.2. The summed E-state index contributed by atoms with van der Waals surface area (Å²) in [5, 5.41) is 0.510. The lowest BCUT2D eigenvalue weighted by atomic mass is 10.2. The van der Waals surface area contributed by atoms with Gasteiger partial charge in [0, 0.05) is 12.3 Å². The second-order valence-corrected chi connectivity index (χ2v) is 4.68. The van der Waals surface area contributed by atoms with E-state index < -0.39 is 0 Å². The summed E-state index contributed by atoms with van der Waals surface area (Å²) in [4.78, 5) is 11.7. The summed E-state index contributed by atoms with van der Waals surface area (Å²) in [7, 11) is 0. The first-order chi connectivity index (χ1) is 9.24. The molecule has 5 heteroatoms. The first kappa shape index (κ1) is 12.1. The molecule has 0 bridgehead atoms. The van der Waals surface area contributed by atoms with Crippen LogP contribution in [0.4, 0.5) is 0 Å². The standard InChI is InChI=1S/C14H12ClNO3/c15-11-7-10(8-12-14(11)19-6-5-18-12)9-16-4-2-1-3-13(16)17/h1-4,7-8H,5-6,9H2. The SMILES string of the molecule is O=c1ccccn1Cc1cc(Cl)c2c(c1)OCCO2. The van der Waals surface area contributed by atoms with Gasteiger partial charge in [-0.05, 0) is 23.8 Å². The van der Waals surface area contributed by atoms with E-state index in [0.717, 1.165) is 5.56 Å². The van der Waals surface area contributed by atoms with Crippen LogP contribution in [0.15, 0.2) is 41.3 Å². The van der Waals surface area contributed by atoms with E-state index in [-0.39, 0.29) is 5.56 Å². The summed E-state index contributed by atoms with van der Waals surface area (Å²) in [6, 6.07) is 8.73. The number of rotatable bonds is 2. The number of ether oxygens (including phenoxy) is 2. The second-order valence-electron chi connectivity index (χ2n) is 4.27. The highest BCUT2D eigenvalue weighted by Gasteiger charge is 2.16. The Morgan fingerprint density at radius 2 is 2.05 bits per heavy atom. The molecule has 0 aliphatic carbocycles. The van der Waals surface area contributed by atoms with E-state index in [1.807, 2.05) is 12.1 Å². The summed E-state index contributed by atoms with van der Waals surface area (Å²) in [6.07, 6.45) is 1.74. The molecular weight excluding hydrogens is 266 g/mol. The molecule has 1 aromatic carbocycles. The smallest absolute Gasteiger partial charge is 0.250 e. The van der Waals surface area contributed by atoms with Crippen LogP contribution in [0.5, 0.6) is 11.5 Å². The van der Waals surface area contributed by atoms with Gasteiger partial charge in [-0.2, -0.15) is 0 Å². The molecule has 0 atom stereocenters. The van der Waals surface area contributed by atoms with Gasteiger partial charge >= 0.3 is 0 Å². The minimum Gasteiger partial charge on any atom is -0.486 e. The molecular formula is C14H12ClNO3. The number of hydrogen-bond acceptors (Lipinski definition) is 3. The van der Waals surface area contributed by atoms with Crippen molar-refractivity contribution in [3.8, 4) is 11.5 Å². The Morgan fingerprint density at radius 3 is 2.89 bits per heavy atom. The molecule has 0 unspecified atom stereocenters. The van der Waals surface area contributed by atoms with Crippen molar-refractivity contribution in [1.29, 1.82) is 0 Å². The fourth-order valence-corrected chi connectivity index (χ4v) is 2.33. The van der Waals surface area contributed by atoms with Crippen LogP contribution < -0.4 is 15.0 Å². The topological polar surface area (TPSA) is 40.5 Å². The minimum atomic E-state index is -0.0477. The molecule has 3 rings (SSSR count). The van der Waals surface area contributed by atoms with E-state index >= 15 is 0 Å². The molecule has 2 aromatic rings. The van der Waals surface area contributed by atoms with Gasteiger partial charge in [0.25, 0.3) is 5.56 Å². The van der Waals surface area contributed by atoms with Crippen molar-refractivity contribution in [2.45, 2.75) is 6.54 Å². The van der Waals surface area contributed by atoms with Crippen LogP contribution in [0, 0.1) is 0 Å². The van der Waals surface area contributed by atoms with Gasteiger partial charge in [-0.3, -0.25) is 4.79 Å². The van der Waals surface area contributed by atoms with E-state index in [4.69, 9.17) is 21.1 Å². The molecule has 0 saturated carbocycles. The number of hydrogen-bond donors (Lipinski definition) is 0. The third-order valence-corrected chi connectivity index (χ3v) is 3.19. The van der Waals surface area contributed by atoms with Crippen molar-refractivity contribution in [2.24, 2.45) is 0 Å². The Morgan fingerprint density at radius 1 is 1.21 bits per heavy atom. The monoisotopic (exact) mass is 277 g/mol. The average molecular weight is 278 g/mol. The van der Waals surface area contributed by atoms with Gasteiger partial charge in [0.15, 0.2) is 11.5 Å². The summed E-state index contributed by atoms with van der Waals surface area (Å²) in [5.74, 6) is 1.22. The summed E-state index contributed by atoms with van der Waals surface area (Å²) in [6.45, 7) is 1.47. The molecule has 4 nitrogen and oxygen atoms in total. The Balaban J connectivity index is 1.96. The van der Waals surface area contributed by atoms with E-state index in [9.17, 15) is 4.79 Å². The molecule has 19 heavy (non-hydrogen) atoms. The van der Waals surface area contributed by atoms with Crippen molar-refractivity contribution in [3.63, 3.8) is 0 Å². The van der Waals surface area contributed by atoms with Crippen molar-refractivity contribution < 1.29 is 9.47 Å². The molecule has 1 aliphatic rings. The second kappa shape index (κ2) is 4.97. The van der Waals surface area contributed by atoms with Gasteiger partial charge < -0.3 is 14.0 Å². The van der Waals surface area contributed by atoms with Gasteiger partial charge in [-0.1, -0.05) is 17.7 Å². The van der Waals surface area contributed by atoms with Crippen LogP contribution in [0.3, 0.4) is 0 Å². The fraction of sp³-hybridized carbons (Fsp3) is 0.214. The highest BCUT2D eigenvalue weighted by Crippen LogP contribution is 2.38. The Hall–Kier alpha value is -1.94. The highest BCUT2D eigenvalue weighted by atomic mass is 35.5. The molecule has 0 amide bonds. The molecule has 98 valence electrons. The third kappa shape index (κ3) is 2.44. The summed E-state index contributed by atoms with van der Waals surface area (Å²) >= 11 is 6.16. The molecule has 1 aromatic heterocycles. The molecule has 0 fully saturated rings. The number of pyridine rings is 1. The minimum absolute atomic E-state index is 0.0477. The summed E-state index contributed by atoms with van der Waals surface area (Å²) in [5.41, 5.74) is 0.857. The lowest BCUT2D eigenvalue weighted by Crippen LogP contribution is -2.19. The zero-order valence-electron chi connectivity index (χ0n) is 10.1. The number of nitrogens with zero attached hydrogens (tertiary/aromatic N) is 1. The molecule has 0 N–H and O–H groups in total. The molecule has 0 saturated heterocycles. The van der Waals surface area contributed by atoms with E-state index in [1.54, 1.807) is 22.9 Å². The lowest BCUT2D eigenvalue weighted by molar-refractivity contribution is 0.171. The molecule has 2 heterocycles. The number of aromatic nitrogens is 1. The van der Waals surface area contributed by atoms with Gasteiger partial charge in [0.2, 0.25) is 0 Å². The predicted octanol–water partition coefficient (Wildman–Crippen LogP) is 2.32. The Labute approximate surface area is 115 Å². The van der Waals surface area contributed by atoms with Gasteiger partial charge in [-0.25, -0.2) is 0 Å². The fourth-order valence-electron chi connectivity index (χ4n) is 2.04. The number of fused-ring (bicyclic) bond motifs is 1. The first-order valence-corrected chi connectivity index (χ1v) is 6.35. The maximum atomic E-state index is 11.7. The highest BCUT2D eigenvalue weighted by molar-refractivity contribution is 6.32. The Kier molecular flexibility index (Phi) is 3.17. The maximum Gasteiger partial charge on any atom is 0.250 e. The Bertz CT molecular complexity index is 666. The molecule has 1 aliphatic heterocycles. The normalized spacial score (nSPS) is 13.3. The van der Waals surface area contributed by atoms with Crippen LogP contribution in [-0.4, -0.2) is 17.8 Å². The van der Waals surface area contributed by atoms with Crippen molar-refractivity contribution in [1.82, 2.24) is 4.57 Å². The van der Waals surface area contributed by atoms with Crippen molar-refractivity contribution >= 4 is 11.6 Å². The van der Waals surface area contributed by atoms with E-state index in [1.165, 1.54) is 6.07 Å². The van der Waals surface area contributed by atoms with Crippen LogP contribution in [-0.2, 0) is 6.54 Å². The van der Waals surface area contributed by atoms with Crippen LogP contribution in [0.1, 0.15) is 5.56 Å². The van der Waals surface area contributed by atoms with Crippen molar-refractivity contribution in [3.05, 3.63) is 57.5 Å². The average Bonchev–Trinajstić information content (AvgIpc) is 2.42. The van der Waals surface area contributed by atoms with Gasteiger partial charge in [-0.15, -0.1) is 0 Å².